The van der Waals surface area contributed by atoms with Gasteiger partial charge in [-0.25, -0.2) is 17.9 Å². The second-order valence-electron chi connectivity index (χ2n) is 5.79. The van der Waals surface area contributed by atoms with Crippen molar-refractivity contribution in [3.05, 3.63) is 28.2 Å². The van der Waals surface area contributed by atoms with Crippen LogP contribution in [0.4, 0.5) is 0 Å². The third-order valence-corrected chi connectivity index (χ3v) is 6.59. The minimum absolute atomic E-state index is 0.0399. The SMILES string of the molecule is CC(C)C1(CNS(=O)(=O)c2cc(C(=O)O)ccc2Br)CC1. The number of rotatable bonds is 6. The molecular formula is C14H18BrNO4S. The van der Waals surface area contributed by atoms with E-state index < -0.39 is 16.0 Å². The van der Waals surface area contributed by atoms with Crippen LogP contribution in [0.5, 0.6) is 0 Å². The Balaban J connectivity index is 2.24. The predicted octanol–water partition coefficient (Wildman–Crippen LogP) is 2.86. The third-order valence-electron chi connectivity index (χ3n) is 4.20. The Morgan fingerprint density at radius 3 is 2.52 bits per heavy atom. The number of aromatic carboxylic acids is 1. The molecule has 0 atom stereocenters. The van der Waals surface area contributed by atoms with Crippen LogP contribution < -0.4 is 4.72 Å². The molecule has 0 spiro atoms. The van der Waals surface area contributed by atoms with Gasteiger partial charge in [0.25, 0.3) is 0 Å². The van der Waals surface area contributed by atoms with E-state index in [0.717, 1.165) is 12.8 Å². The van der Waals surface area contributed by atoms with Gasteiger partial charge in [-0.15, -0.1) is 0 Å². The zero-order chi connectivity index (χ0) is 15.8. The summed E-state index contributed by atoms with van der Waals surface area (Å²) in [5, 5.41) is 8.98. The molecule has 0 radical (unpaired) electrons. The van der Waals surface area contributed by atoms with Crippen molar-refractivity contribution in [3.8, 4) is 0 Å². The zero-order valence-electron chi connectivity index (χ0n) is 11.9. The van der Waals surface area contributed by atoms with Crippen molar-refractivity contribution in [3.63, 3.8) is 0 Å². The van der Waals surface area contributed by atoms with Crippen molar-refractivity contribution in [2.45, 2.75) is 31.6 Å². The number of carboxylic acid groups (broad SMARTS) is 1. The lowest BCUT2D eigenvalue weighted by Crippen LogP contribution is -2.32. The van der Waals surface area contributed by atoms with Crippen molar-refractivity contribution in [1.29, 1.82) is 0 Å². The molecule has 0 unspecified atom stereocenters. The van der Waals surface area contributed by atoms with Gasteiger partial charge in [-0.1, -0.05) is 13.8 Å². The molecule has 1 saturated carbocycles. The van der Waals surface area contributed by atoms with Gasteiger partial charge in [-0.3, -0.25) is 0 Å². The maximum atomic E-state index is 12.4. The number of hydrogen-bond donors (Lipinski definition) is 2. The second-order valence-corrected chi connectivity index (χ2v) is 8.38. The molecule has 21 heavy (non-hydrogen) atoms. The van der Waals surface area contributed by atoms with E-state index in [2.05, 4.69) is 34.5 Å². The monoisotopic (exact) mass is 375 g/mol. The number of benzene rings is 1. The molecule has 2 rings (SSSR count). The Morgan fingerprint density at radius 1 is 1.43 bits per heavy atom. The number of sulfonamides is 1. The maximum Gasteiger partial charge on any atom is 0.335 e. The van der Waals surface area contributed by atoms with Gasteiger partial charge < -0.3 is 5.11 Å². The Morgan fingerprint density at radius 2 is 2.05 bits per heavy atom. The zero-order valence-corrected chi connectivity index (χ0v) is 14.3. The third kappa shape index (κ3) is 3.46. The molecule has 1 aliphatic rings. The second kappa shape index (κ2) is 5.70. The van der Waals surface area contributed by atoms with Crippen LogP contribution in [0.3, 0.4) is 0 Å². The molecule has 1 aromatic carbocycles. The van der Waals surface area contributed by atoms with E-state index in [-0.39, 0.29) is 15.9 Å². The lowest BCUT2D eigenvalue weighted by molar-refractivity contribution is 0.0696. The van der Waals surface area contributed by atoms with Crippen molar-refractivity contribution >= 4 is 31.9 Å². The van der Waals surface area contributed by atoms with E-state index >= 15 is 0 Å². The first-order chi connectivity index (χ1) is 9.68. The summed E-state index contributed by atoms with van der Waals surface area (Å²) in [4.78, 5) is 10.9. The van der Waals surface area contributed by atoms with Crippen molar-refractivity contribution < 1.29 is 18.3 Å². The number of halogens is 1. The van der Waals surface area contributed by atoms with Crippen LogP contribution >= 0.6 is 15.9 Å². The minimum Gasteiger partial charge on any atom is -0.478 e. The Kier molecular flexibility index (Phi) is 4.46. The summed E-state index contributed by atoms with van der Waals surface area (Å²) >= 11 is 3.17. The predicted molar refractivity (Wildman–Crippen MR) is 82.8 cm³/mol. The normalized spacial score (nSPS) is 17.0. The fraction of sp³-hybridized carbons (Fsp3) is 0.500. The van der Waals surface area contributed by atoms with Crippen LogP contribution in [0.15, 0.2) is 27.6 Å². The number of nitrogens with one attached hydrogen (secondary N) is 1. The van der Waals surface area contributed by atoms with Crippen LogP contribution in [0.1, 0.15) is 37.0 Å². The van der Waals surface area contributed by atoms with Gasteiger partial charge in [0.05, 0.1) is 10.5 Å². The van der Waals surface area contributed by atoms with E-state index in [1.54, 1.807) is 0 Å². The molecule has 0 aliphatic heterocycles. The topological polar surface area (TPSA) is 83.5 Å². The Bertz CT molecular complexity index is 666. The molecule has 1 aliphatic carbocycles. The number of hydrogen-bond acceptors (Lipinski definition) is 3. The Labute approximate surface area is 132 Å². The highest BCUT2D eigenvalue weighted by atomic mass is 79.9. The Hall–Kier alpha value is -0.920. The van der Waals surface area contributed by atoms with E-state index in [0.29, 0.717) is 16.9 Å². The van der Waals surface area contributed by atoms with Gasteiger partial charge >= 0.3 is 5.97 Å². The highest BCUT2D eigenvalue weighted by Crippen LogP contribution is 2.51. The molecule has 2 N–H and O–H groups in total. The smallest absolute Gasteiger partial charge is 0.335 e. The van der Waals surface area contributed by atoms with Crippen LogP contribution in [0.25, 0.3) is 0 Å². The average molecular weight is 376 g/mol. The lowest BCUT2D eigenvalue weighted by Gasteiger charge is -2.20. The van der Waals surface area contributed by atoms with E-state index in [4.69, 9.17) is 5.11 Å². The van der Waals surface area contributed by atoms with Crippen molar-refractivity contribution in [2.75, 3.05) is 6.54 Å². The van der Waals surface area contributed by atoms with Gasteiger partial charge in [-0.05, 0) is 58.3 Å². The first-order valence-electron chi connectivity index (χ1n) is 6.70. The number of carbonyl (C=O) groups is 1. The summed E-state index contributed by atoms with van der Waals surface area (Å²) < 4.78 is 27.8. The molecular weight excluding hydrogens is 358 g/mol. The van der Waals surface area contributed by atoms with Crippen molar-refractivity contribution in [2.24, 2.45) is 11.3 Å². The number of carboxylic acids is 1. The summed E-state index contributed by atoms with van der Waals surface area (Å²) in [6.45, 7) is 4.56. The highest BCUT2D eigenvalue weighted by molar-refractivity contribution is 9.10. The van der Waals surface area contributed by atoms with Gasteiger partial charge in [0.15, 0.2) is 0 Å². The quantitative estimate of drug-likeness (QED) is 0.800. The lowest BCUT2D eigenvalue weighted by atomic mass is 9.93. The van der Waals surface area contributed by atoms with E-state index in [1.165, 1.54) is 18.2 Å². The molecule has 5 nitrogen and oxygen atoms in total. The highest BCUT2D eigenvalue weighted by Gasteiger charge is 2.45. The minimum atomic E-state index is -3.73. The molecule has 0 bridgehead atoms. The largest absolute Gasteiger partial charge is 0.478 e. The molecule has 0 amide bonds. The average Bonchev–Trinajstić information content (AvgIpc) is 3.17. The first kappa shape index (κ1) is 16.5. The van der Waals surface area contributed by atoms with Gasteiger partial charge in [0.2, 0.25) is 10.0 Å². The summed E-state index contributed by atoms with van der Waals surface area (Å²) in [6, 6.07) is 3.97. The maximum absolute atomic E-state index is 12.4. The molecule has 1 fully saturated rings. The summed E-state index contributed by atoms with van der Waals surface area (Å²) in [6.07, 6.45) is 2.03. The summed E-state index contributed by atoms with van der Waals surface area (Å²) in [7, 11) is -3.73. The van der Waals surface area contributed by atoms with Gasteiger partial charge in [-0.2, -0.15) is 0 Å². The van der Waals surface area contributed by atoms with Crippen LogP contribution in [-0.4, -0.2) is 26.0 Å². The molecule has 0 aromatic heterocycles. The summed E-state index contributed by atoms with van der Waals surface area (Å²) in [5.74, 6) is -0.742. The fourth-order valence-corrected chi connectivity index (χ4v) is 4.40. The fourth-order valence-electron chi connectivity index (χ4n) is 2.28. The molecule has 1 aromatic rings. The van der Waals surface area contributed by atoms with Gasteiger partial charge in [0, 0.05) is 11.0 Å². The molecule has 116 valence electrons. The van der Waals surface area contributed by atoms with Crippen molar-refractivity contribution in [1.82, 2.24) is 4.72 Å². The molecule has 0 heterocycles. The van der Waals surface area contributed by atoms with Crippen LogP contribution in [-0.2, 0) is 10.0 Å². The van der Waals surface area contributed by atoms with Gasteiger partial charge in [0.1, 0.15) is 0 Å². The molecule has 0 saturated heterocycles. The summed E-state index contributed by atoms with van der Waals surface area (Å²) in [5.41, 5.74) is -0.00666. The first-order valence-corrected chi connectivity index (χ1v) is 8.98. The van der Waals surface area contributed by atoms with E-state index in [1.807, 2.05) is 0 Å². The molecule has 7 heteroatoms. The standard InChI is InChI=1S/C14H18BrNO4S/c1-9(2)14(5-6-14)8-16-21(19,20)12-7-10(13(17)18)3-4-11(12)15/h3-4,7,9,16H,5-6,8H2,1-2H3,(H,17,18). The van der Waals surface area contributed by atoms with Crippen LogP contribution in [0, 0.1) is 11.3 Å². The van der Waals surface area contributed by atoms with Crippen LogP contribution in [0.2, 0.25) is 0 Å². The van der Waals surface area contributed by atoms with E-state index in [9.17, 15) is 13.2 Å².